The number of hydrogen-bond acceptors (Lipinski definition) is 5. The number of likely N-dealkylation sites (tertiary alicyclic amines) is 1. The van der Waals surface area contributed by atoms with E-state index in [9.17, 15) is 8.42 Å². The molecule has 2 N–H and O–H groups in total. The number of nitrogens with zero attached hydrogens (tertiary/aromatic N) is 2. The van der Waals surface area contributed by atoms with Crippen molar-refractivity contribution in [2.75, 3.05) is 44.7 Å². The Bertz CT molecular complexity index is 691. The van der Waals surface area contributed by atoms with Crippen LogP contribution >= 0.6 is 11.3 Å². The molecule has 0 bridgehead atoms. The van der Waals surface area contributed by atoms with Crippen LogP contribution in [0.4, 0.5) is 0 Å². The number of piperidine rings is 1. The van der Waals surface area contributed by atoms with Gasteiger partial charge in [-0.15, -0.1) is 11.3 Å². The number of guanidine groups is 1. The van der Waals surface area contributed by atoms with Gasteiger partial charge in [-0.25, -0.2) is 8.42 Å². The van der Waals surface area contributed by atoms with Crippen molar-refractivity contribution in [2.24, 2.45) is 4.99 Å². The van der Waals surface area contributed by atoms with Crippen LogP contribution in [-0.4, -0.2) is 70.1 Å². The highest BCUT2D eigenvalue weighted by Gasteiger charge is 2.23. The van der Waals surface area contributed by atoms with E-state index in [0.717, 1.165) is 45.0 Å². The molecule has 1 aliphatic heterocycles. The molecule has 154 valence electrons. The third-order valence-electron chi connectivity index (χ3n) is 4.87. The SMILES string of the molecule is CCNC(=NCC(C)(C)c1cccs1)NC1CCN(CCS(C)(=O)=O)CC1. The first-order valence-electron chi connectivity index (χ1n) is 9.68. The summed E-state index contributed by atoms with van der Waals surface area (Å²) in [6.45, 7) is 10.6. The molecule has 8 heteroatoms. The number of rotatable bonds is 8. The molecule has 1 aliphatic rings. The summed E-state index contributed by atoms with van der Waals surface area (Å²) in [5.41, 5.74) is 0.0194. The van der Waals surface area contributed by atoms with Crippen LogP contribution in [0.25, 0.3) is 0 Å². The summed E-state index contributed by atoms with van der Waals surface area (Å²) in [6, 6.07) is 4.64. The molecule has 27 heavy (non-hydrogen) atoms. The van der Waals surface area contributed by atoms with Gasteiger partial charge in [0, 0.05) is 48.8 Å². The fourth-order valence-corrected chi connectivity index (χ4v) is 4.56. The lowest BCUT2D eigenvalue weighted by atomic mass is 9.92. The Hall–Kier alpha value is -1.12. The largest absolute Gasteiger partial charge is 0.357 e. The molecule has 1 aromatic heterocycles. The minimum Gasteiger partial charge on any atom is -0.357 e. The summed E-state index contributed by atoms with van der Waals surface area (Å²) >= 11 is 1.78. The van der Waals surface area contributed by atoms with Gasteiger partial charge in [0.2, 0.25) is 0 Å². The topological polar surface area (TPSA) is 73.8 Å². The van der Waals surface area contributed by atoms with Crippen LogP contribution in [0.2, 0.25) is 0 Å². The quantitative estimate of drug-likeness (QED) is 0.503. The van der Waals surface area contributed by atoms with Crippen LogP contribution < -0.4 is 10.6 Å². The molecular weight excluding hydrogens is 380 g/mol. The fourth-order valence-electron chi connectivity index (χ4n) is 3.13. The van der Waals surface area contributed by atoms with E-state index in [1.165, 1.54) is 11.1 Å². The Morgan fingerprint density at radius 1 is 1.37 bits per heavy atom. The zero-order valence-electron chi connectivity index (χ0n) is 17.0. The van der Waals surface area contributed by atoms with Crippen molar-refractivity contribution >= 4 is 27.1 Å². The molecule has 0 amide bonds. The molecule has 2 heterocycles. The minimum absolute atomic E-state index is 0.0194. The van der Waals surface area contributed by atoms with E-state index in [1.807, 2.05) is 0 Å². The molecule has 0 unspecified atom stereocenters. The number of hydrogen-bond donors (Lipinski definition) is 2. The second kappa shape index (κ2) is 9.89. The van der Waals surface area contributed by atoms with Gasteiger partial charge in [0.05, 0.1) is 12.3 Å². The summed E-state index contributed by atoms with van der Waals surface area (Å²) in [4.78, 5) is 8.42. The van der Waals surface area contributed by atoms with E-state index < -0.39 is 9.84 Å². The maximum atomic E-state index is 11.3. The third kappa shape index (κ3) is 7.79. The second-order valence-electron chi connectivity index (χ2n) is 7.95. The maximum Gasteiger partial charge on any atom is 0.191 e. The normalized spacial score (nSPS) is 17.9. The standard InChI is InChI=1S/C19H34N4O2S2/c1-5-20-18(21-15-19(2,3)17-7-6-13-26-17)22-16-8-10-23(11-9-16)12-14-27(4,24)25/h6-7,13,16H,5,8-12,14-15H2,1-4H3,(H2,20,21,22). The average Bonchev–Trinajstić information content (AvgIpc) is 3.14. The van der Waals surface area contributed by atoms with Crippen LogP contribution in [0.3, 0.4) is 0 Å². The predicted octanol–water partition coefficient (Wildman–Crippen LogP) is 2.09. The van der Waals surface area contributed by atoms with Crippen molar-refractivity contribution < 1.29 is 8.42 Å². The summed E-state index contributed by atoms with van der Waals surface area (Å²) in [6.07, 6.45) is 3.31. The highest BCUT2D eigenvalue weighted by atomic mass is 32.2. The first-order valence-corrected chi connectivity index (χ1v) is 12.6. The lowest BCUT2D eigenvalue weighted by Crippen LogP contribution is -2.49. The Morgan fingerprint density at radius 2 is 2.07 bits per heavy atom. The van der Waals surface area contributed by atoms with Crippen LogP contribution in [0.1, 0.15) is 38.5 Å². The molecule has 0 spiro atoms. The van der Waals surface area contributed by atoms with Crippen molar-refractivity contribution in [3.63, 3.8) is 0 Å². The monoisotopic (exact) mass is 414 g/mol. The van der Waals surface area contributed by atoms with Gasteiger partial charge in [-0.05, 0) is 31.2 Å². The van der Waals surface area contributed by atoms with Crippen LogP contribution in [0.15, 0.2) is 22.5 Å². The van der Waals surface area contributed by atoms with Crippen molar-refractivity contribution in [1.82, 2.24) is 15.5 Å². The molecule has 2 rings (SSSR count). The van der Waals surface area contributed by atoms with Crippen LogP contribution in [0.5, 0.6) is 0 Å². The summed E-state index contributed by atoms with van der Waals surface area (Å²) in [5, 5.41) is 9.03. The van der Waals surface area contributed by atoms with Gasteiger partial charge >= 0.3 is 0 Å². The highest BCUT2D eigenvalue weighted by Crippen LogP contribution is 2.27. The van der Waals surface area contributed by atoms with E-state index in [-0.39, 0.29) is 11.2 Å². The van der Waals surface area contributed by atoms with Gasteiger partial charge in [0.1, 0.15) is 9.84 Å². The summed E-state index contributed by atoms with van der Waals surface area (Å²) < 4.78 is 22.7. The van der Waals surface area contributed by atoms with Crippen molar-refractivity contribution in [1.29, 1.82) is 0 Å². The fraction of sp³-hybridized carbons (Fsp3) is 0.737. The lowest BCUT2D eigenvalue weighted by Gasteiger charge is -2.33. The maximum absolute atomic E-state index is 11.3. The average molecular weight is 415 g/mol. The first-order chi connectivity index (χ1) is 12.7. The summed E-state index contributed by atoms with van der Waals surface area (Å²) in [5.74, 6) is 1.12. The Balaban J connectivity index is 1.85. The molecule has 1 fully saturated rings. The van der Waals surface area contributed by atoms with Crippen molar-refractivity contribution in [3.8, 4) is 0 Å². The zero-order chi connectivity index (χ0) is 19.9. The Kier molecular flexibility index (Phi) is 8.12. The van der Waals surface area contributed by atoms with E-state index in [2.05, 4.69) is 53.8 Å². The molecular formula is C19H34N4O2S2. The Labute approximate surface area is 168 Å². The van der Waals surface area contributed by atoms with E-state index >= 15 is 0 Å². The van der Waals surface area contributed by atoms with Crippen LogP contribution in [-0.2, 0) is 15.3 Å². The molecule has 1 aromatic rings. The molecule has 0 aromatic carbocycles. The van der Waals surface area contributed by atoms with Crippen molar-refractivity contribution in [3.05, 3.63) is 22.4 Å². The van der Waals surface area contributed by atoms with Gasteiger partial charge in [0.15, 0.2) is 5.96 Å². The number of aliphatic imine (C=N–C) groups is 1. The first kappa shape index (κ1) is 22.2. The Morgan fingerprint density at radius 3 is 2.63 bits per heavy atom. The smallest absolute Gasteiger partial charge is 0.191 e. The van der Waals surface area contributed by atoms with Crippen molar-refractivity contribution in [2.45, 2.75) is 45.1 Å². The van der Waals surface area contributed by atoms with E-state index in [4.69, 9.17) is 4.99 Å². The molecule has 0 radical (unpaired) electrons. The van der Waals surface area contributed by atoms with Gasteiger partial charge < -0.3 is 15.5 Å². The van der Waals surface area contributed by atoms with Gasteiger partial charge in [-0.1, -0.05) is 19.9 Å². The summed E-state index contributed by atoms with van der Waals surface area (Å²) in [7, 11) is -2.89. The third-order valence-corrected chi connectivity index (χ3v) is 7.03. The molecule has 0 atom stereocenters. The number of thiophene rings is 1. The lowest BCUT2D eigenvalue weighted by molar-refractivity contribution is 0.216. The second-order valence-corrected chi connectivity index (χ2v) is 11.2. The zero-order valence-corrected chi connectivity index (χ0v) is 18.6. The predicted molar refractivity (Wildman–Crippen MR) is 116 cm³/mol. The van der Waals surface area contributed by atoms with Gasteiger partial charge in [0.25, 0.3) is 0 Å². The molecule has 6 nitrogen and oxygen atoms in total. The van der Waals surface area contributed by atoms with Gasteiger partial charge in [-0.3, -0.25) is 4.99 Å². The molecule has 0 saturated carbocycles. The highest BCUT2D eigenvalue weighted by molar-refractivity contribution is 7.90. The minimum atomic E-state index is -2.89. The number of sulfone groups is 1. The molecule has 1 saturated heterocycles. The van der Waals surface area contributed by atoms with Gasteiger partial charge in [-0.2, -0.15) is 0 Å². The van der Waals surface area contributed by atoms with Crippen LogP contribution in [0, 0.1) is 0 Å². The van der Waals surface area contributed by atoms with E-state index in [1.54, 1.807) is 11.3 Å². The number of nitrogens with one attached hydrogen (secondary N) is 2. The molecule has 0 aliphatic carbocycles. The van der Waals surface area contributed by atoms with E-state index in [0.29, 0.717) is 12.6 Å².